The molecule has 1 unspecified atom stereocenters. The normalized spacial score (nSPS) is 31.0. The van der Waals surface area contributed by atoms with Gasteiger partial charge in [0.25, 0.3) is 7.82 Å². The molecule has 13 heteroatoms. The summed E-state index contributed by atoms with van der Waals surface area (Å²) in [5, 5.41) is 0. The molecular weight excluding hydrogens is 374 g/mol. The van der Waals surface area contributed by atoms with Crippen LogP contribution < -0.4 is 34.5 Å². The van der Waals surface area contributed by atoms with Crippen LogP contribution >= 0.6 is 7.82 Å². The summed E-state index contributed by atoms with van der Waals surface area (Å²) in [6.07, 6.45) is -6.99. The number of phosphoric acid groups is 1. The molecule has 1 saturated heterocycles. The molecule has 0 aliphatic carbocycles. The first-order valence-electron chi connectivity index (χ1n) is 6.80. The van der Waals surface area contributed by atoms with Crippen LogP contribution in [0.5, 0.6) is 0 Å². The minimum absolute atomic E-state index is 0. The Kier molecular flexibility index (Phi) is 9.77. The number of hydrogen-bond donors (Lipinski definition) is 1. The van der Waals surface area contributed by atoms with Gasteiger partial charge in [-0.25, -0.2) is 0 Å². The number of hydrogen-bond acceptors (Lipinski definition) is 10. The van der Waals surface area contributed by atoms with Gasteiger partial charge < -0.3 is 28.7 Å². The van der Waals surface area contributed by atoms with Crippen LogP contribution in [0.2, 0.25) is 0 Å². The van der Waals surface area contributed by atoms with Crippen molar-refractivity contribution in [3.05, 3.63) is 0 Å². The van der Waals surface area contributed by atoms with Gasteiger partial charge in [0, 0.05) is 20.8 Å². The molecule has 1 aliphatic rings. The smallest absolute Gasteiger partial charge is 0.756 e. The Bertz CT molecular complexity index is 547. The van der Waals surface area contributed by atoms with Crippen LogP contribution in [-0.4, -0.2) is 53.5 Å². The first-order valence-corrected chi connectivity index (χ1v) is 8.29. The molecule has 0 aromatic rings. The van der Waals surface area contributed by atoms with E-state index < -0.39 is 56.4 Å². The quantitative estimate of drug-likeness (QED) is 0.210. The van der Waals surface area contributed by atoms with Crippen molar-refractivity contribution in [2.45, 2.75) is 58.4 Å². The van der Waals surface area contributed by atoms with Crippen LogP contribution in [0.3, 0.4) is 0 Å². The average Bonchev–Trinajstić information content (AvgIpc) is 2.35. The van der Waals surface area contributed by atoms with Gasteiger partial charge in [0.1, 0.15) is 0 Å². The van der Waals surface area contributed by atoms with Gasteiger partial charge in [-0.05, 0) is 6.92 Å². The Morgan fingerprint density at radius 1 is 0.960 bits per heavy atom. The fourth-order valence-corrected chi connectivity index (χ4v) is 2.62. The van der Waals surface area contributed by atoms with Gasteiger partial charge in [0.15, 0.2) is 18.3 Å². The second-order valence-corrected chi connectivity index (χ2v) is 6.15. The zero-order chi connectivity index (χ0) is 18.7. The maximum atomic E-state index is 11.3. The number of rotatable bonds is 5. The summed E-state index contributed by atoms with van der Waals surface area (Å²) in [4.78, 5) is 53.7. The molecule has 0 amide bonds. The van der Waals surface area contributed by atoms with Crippen LogP contribution in [0, 0.1) is 0 Å². The van der Waals surface area contributed by atoms with E-state index in [9.17, 15) is 23.8 Å². The zero-order valence-electron chi connectivity index (χ0n) is 14.4. The Morgan fingerprint density at radius 2 is 1.36 bits per heavy atom. The fourth-order valence-electron chi connectivity index (χ4n) is 2.19. The minimum Gasteiger partial charge on any atom is -0.756 e. The predicted molar refractivity (Wildman–Crippen MR) is 71.9 cm³/mol. The SMILES string of the molecule is CC(=O)O[C@H]1[C@@H](OC(C)=O)[C@H](C)O[C@H](OP(=O)([O-])O)[C@@H]1OC(C)=O.[Na+]. The van der Waals surface area contributed by atoms with Crippen LogP contribution in [0.25, 0.3) is 0 Å². The van der Waals surface area contributed by atoms with Crippen molar-refractivity contribution in [2.75, 3.05) is 0 Å². The van der Waals surface area contributed by atoms with E-state index in [-0.39, 0.29) is 29.6 Å². The summed E-state index contributed by atoms with van der Waals surface area (Å²) in [6, 6.07) is 0. The third-order valence-corrected chi connectivity index (χ3v) is 3.34. The first kappa shape index (κ1) is 24.5. The molecule has 0 spiro atoms. The van der Waals surface area contributed by atoms with Crippen LogP contribution in [-0.2, 0) is 42.4 Å². The Morgan fingerprint density at radius 3 is 1.76 bits per heavy atom. The van der Waals surface area contributed by atoms with Crippen molar-refractivity contribution >= 4 is 25.7 Å². The van der Waals surface area contributed by atoms with E-state index in [0.717, 1.165) is 20.8 Å². The molecule has 1 rings (SSSR count). The predicted octanol–water partition coefficient (Wildman–Crippen LogP) is -3.99. The summed E-state index contributed by atoms with van der Waals surface area (Å²) >= 11 is 0. The molecule has 6 atom stereocenters. The average molecular weight is 392 g/mol. The molecule has 0 aromatic carbocycles. The van der Waals surface area contributed by atoms with Crippen molar-refractivity contribution < 1.29 is 81.8 Å². The van der Waals surface area contributed by atoms with Gasteiger partial charge in [-0.3, -0.25) is 23.5 Å². The van der Waals surface area contributed by atoms with Gasteiger partial charge in [0.2, 0.25) is 6.29 Å². The van der Waals surface area contributed by atoms with E-state index in [1.54, 1.807) is 0 Å². The van der Waals surface area contributed by atoms with Gasteiger partial charge in [-0.2, -0.15) is 0 Å². The first-order chi connectivity index (χ1) is 10.9. The molecule has 1 aliphatic heterocycles. The molecule has 0 bridgehead atoms. The zero-order valence-corrected chi connectivity index (χ0v) is 17.3. The Labute approximate surface area is 165 Å². The molecule has 1 N–H and O–H groups in total. The van der Waals surface area contributed by atoms with Gasteiger partial charge in [0.05, 0.1) is 6.10 Å². The van der Waals surface area contributed by atoms with Crippen LogP contribution in [0.1, 0.15) is 27.7 Å². The van der Waals surface area contributed by atoms with Crippen molar-refractivity contribution in [1.29, 1.82) is 0 Å². The minimum atomic E-state index is -5.26. The maximum absolute atomic E-state index is 11.3. The fraction of sp³-hybridized carbons (Fsp3) is 0.750. The van der Waals surface area contributed by atoms with E-state index in [4.69, 9.17) is 23.8 Å². The topological polar surface area (TPSA) is 158 Å². The number of carbonyl (C=O) groups is 3. The van der Waals surface area contributed by atoms with E-state index in [1.165, 1.54) is 6.92 Å². The number of ether oxygens (including phenoxy) is 4. The van der Waals surface area contributed by atoms with Crippen molar-refractivity contribution in [1.82, 2.24) is 0 Å². The van der Waals surface area contributed by atoms with Crippen molar-refractivity contribution in [3.8, 4) is 0 Å². The number of carbonyl (C=O) groups excluding carboxylic acids is 3. The number of esters is 3. The molecule has 0 radical (unpaired) electrons. The maximum Gasteiger partial charge on any atom is 1.00 e. The molecule has 11 nitrogen and oxygen atoms in total. The monoisotopic (exact) mass is 392 g/mol. The molecule has 138 valence electrons. The van der Waals surface area contributed by atoms with E-state index >= 15 is 0 Å². The molecule has 0 saturated carbocycles. The second-order valence-electron chi connectivity index (χ2n) is 5.01. The summed E-state index contributed by atoms with van der Waals surface area (Å²) < 4.78 is 35.4. The van der Waals surface area contributed by atoms with E-state index in [0.29, 0.717) is 0 Å². The molecule has 1 fully saturated rings. The molecular formula is C12H18NaO11P. The summed E-state index contributed by atoms with van der Waals surface area (Å²) in [5.74, 6) is -2.41. The van der Waals surface area contributed by atoms with Crippen LogP contribution in [0.15, 0.2) is 0 Å². The molecule has 25 heavy (non-hydrogen) atoms. The summed E-state index contributed by atoms with van der Waals surface area (Å²) in [6.45, 7) is 4.55. The number of phosphoric ester groups is 1. The van der Waals surface area contributed by atoms with Gasteiger partial charge in [-0.1, -0.05) is 0 Å². The van der Waals surface area contributed by atoms with Gasteiger partial charge in [-0.15, -0.1) is 0 Å². The second kappa shape index (κ2) is 9.98. The van der Waals surface area contributed by atoms with E-state index in [1.807, 2.05) is 0 Å². The largest absolute Gasteiger partial charge is 1.00 e. The van der Waals surface area contributed by atoms with Gasteiger partial charge >= 0.3 is 47.5 Å². The standard InChI is InChI=1S/C12H19O11P.Na/c1-5-9(20-6(2)13)10(21-7(3)14)11(22-8(4)15)12(19-5)23-24(16,17)18;/h5,9-12H,1-4H3,(H2,16,17,18);/q;+1/p-1/t5-,9-,10-,11+,12+;/m0./s1. The van der Waals surface area contributed by atoms with Crippen molar-refractivity contribution in [2.24, 2.45) is 0 Å². The Balaban J connectivity index is 0.00000576. The molecule has 0 aromatic heterocycles. The third kappa shape index (κ3) is 8.14. The summed E-state index contributed by atoms with van der Waals surface area (Å²) in [7, 11) is -5.26. The Hall–Kier alpha value is -0.520. The summed E-state index contributed by atoms with van der Waals surface area (Å²) in [5.41, 5.74) is 0. The third-order valence-electron chi connectivity index (χ3n) is 2.87. The van der Waals surface area contributed by atoms with Crippen molar-refractivity contribution in [3.63, 3.8) is 0 Å². The van der Waals surface area contributed by atoms with Crippen LogP contribution in [0.4, 0.5) is 0 Å². The van der Waals surface area contributed by atoms with E-state index in [2.05, 4.69) is 4.52 Å². The molecule has 1 heterocycles.